The topological polar surface area (TPSA) is 51.2 Å². The number of fused-ring (bicyclic) bond motifs is 1. The molecular formula is C17H20N2O2S. The number of hydrogen-bond donors (Lipinski definition) is 1. The van der Waals surface area contributed by atoms with E-state index in [9.17, 15) is 4.79 Å². The number of ether oxygens (including phenoxy) is 1. The number of nitrogens with one attached hydrogen (secondary N) is 1. The van der Waals surface area contributed by atoms with Gasteiger partial charge in [-0.25, -0.2) is 4.98 Å². The fraction of sp³-hybridized carbons (Fsp3) is 0.412. The van der Waals surface area contributed by atoms with E-state index in [0.29, 0.717) is 25.5 Å². The molecule has 1 aliphatic heterocycles. The average Bonchev–Trinajstić information content (AvgIpc) is 2.96. The van der Waals surface area contributed by atoms with Crippen molar-refractivity contribution in [3.63, 3.8) is 0 Å². The molecule has 0 fully saturated rings. The van der Waals surface area contributed by atoms with Crippen LogP contribution >= 0.6 is 11.3 Å². The third-order valence-corrected chi connectivity index (χ3v) is 4.96. The number of thiazole rings is 1. The van der Waals surface area contributed by atoms with E-state index < -0.39 is 0 Å². The standard InChI is InChI=1S/C17H20N2O2S/c1-12-16(22-11-19-12)6-7-17(20)18-9-13-8-14-4-2-3-5-15(14)21-10-13/h2-5,11,13H,6-10H2,1H3,(H,18,20)/t13-/m1/s1. The molecule has 0 bridgehead atoms. The van der Waals surface area contributed by atoms with Crippen LogP contribution in [0, 0.1) is 12.8 Å². The molecular weight excluding hydrogens is 296 g/mol. The Morgan fingerprint density at radius 3 is 3.14 bits per heavy atom. The minimum absolute atomic E-state index is 0.103. The molecule has 1 atom stereocenters. The highest BCUT2D eigenvalue weighted by Gasteiger charge is 2.19. The molecule has 1 amide bonds. The predicted molar refractivity (Wildman–Crippen MR) is 87.3 cm³/mol. The Morgan fingerprint density at radius 1 is 1.45 bits per heavy atom. The smallest absolute Gasteiger partial charge is 0.220 e. The Labute approximate surface area is 134 Å². The van der Waals surface area contributed by atoms with Gasteiger partial charge in [0, 0.05) is 23.8 Å². The van der Waals surface area contributed by atoms with Gasteiger partial charge in [-0.05, 0) is 31.4 Å². The fourth-order valence-corrected chi connectivity index (χ4v) is 3.44. The zero-order chi connectivity index (χ0) is 15.4. The number of aromatic nitrogens is 1. The highest BCUT2D eigenvalue weighted by Crippen LogP contribution is 2.26. The Balaban J connectivity index is 1.43. The summed E-state index contributed by atoms with van der Waals surface area (Å²) in [6, 6.07) is 8.11. The van der Waals surface area contributed by atoms with Gasteiger partial charge in [0.05, 0.1) is 17.8 Å². The molecule has 1 aromatic carbocycles. The average molecular weight is 316 g/mol. The van der Waals surface area contributed by atoms with E-state index in [1.54, 1.807) is 11.3 Å². The van der Waals surface area contributed by atoms with E-state index >= 15 is 0 Å². The molecule has 1 aromatic heterocycles. The van der Waals surface area contributed by atoms with Gasteiger partial charge in [-0.2, -0.15) is 0 Å². The highest BCUT2D eigenvalue weighted by molar-refractivity contribution is 7.09. The summed E-state index contributed by atoms with van der Waals surface area (Å²) < 4.78 is 5.75. The number of aryl methyl sites for hydroxylation is 2. The Morgan fingerprint density at radius 2 is 2.32 bits per heavy atom. The van der Waals surface area contributed by atoms with Crippen molar-refractivity contribution in [1.82, 2.24) is 10.3 Å². The number of hydrogen-bond acceptors (Lipinski definition) is 4. The minimum atomic E-state index is 0.103. The molecule has 0 unspecified atom stereocenters. The van der Waals surface area contributed by atoms with Gasteiger partial charge in [0.25, 0.3) is 0 Å². The molecule has 0 radical (unpaired) electrons. The summed E-state index contributed by atoms with van der Waals surface area (Å²) in [5, 5.41) is 3.03. The molecule has 0 spiro atoms. The van der Waals surface area contributed by atoms with E-state index in [-0.39, 0.29) is 5.91 Å². The second-order valence-electron chi connectivity index (χ2n) is 5.65. The van der Waals surface area contributed by atoms with Crippen LogP contribution in [0.25, 0.3) is 0 Å². The first-order valence-electron chi connectivity index (χ1n) is 7.58. The van der Waals surface area contributed by atoms with Crippen molar-refractivity contribution in [2.45, 2.75) is 26.2 Å². The maximum Gasteiger partial charge on any atom is 0.220 e. The maximum absolute atomic E-state index is 12.0. The van der Waals surface area contributed by atoms with Crippen LogP contribution in [0.3, 0.4) is 0 Å². The molecule has 2 aromatic rings. The molecule has 116 valence electrons. The van der Waals surface area contributed by atoms with Gasteiger partial charge in [0.15, 0.2) is 0 Å². The SMILES string of the molecule is Cc1ncsc1CCC(=O)NC[C@@H]1COc2ccccc2C1. The van der Waals surface area contributed by atoms with E-state index in [4.69, 9.17) is 4.74 Å². The zero-order valence-electron chi connectivity index (χ0n) is 12.7. The van der Waals surface area contributed by atoms with Gasteiger partial charge in [0.1, 0.15) is 5.75 Å². The zero-order valence-corrected chi connectivity index (χ0v) is 13.5. The van der Waals surface area contributed by atoms with Gasteiger partial charge in [0.2, 0.25) is 5.91 Å². The maximum atomic E-state index is 12.0. The molecule has 4 nitrogen and oxygen atoms in total. The summed E-state index contributed by atoms with van der Waals surface area (Å²) in [6.07, 6.45) is 2.25. The normalized spacial score (nSPS) is 16.7. The van der Waals surface area contributed by atoms with Gasteiger partial charge >= 0.3 is 0 Å². The van der Waals surface area contributed by atoms with Crippen LogP contribution in [-0.4, -0.2) is 24.0 Å². The first-order chi connectivity index (χ1) is 10.7. The van der Waals surface area contributed by atoms with Crippen LogP contribution in [0.2, 0.25) is 0 Å². The minimum Gasteiger partial charge on any atom is -0.493 e. The lowest BCUT2D eigenvalue weighted by Crippen LogP contribution is -2.34. The first-order valence-corrected chi connectivity index (χ1v) is 8.46. The van der Waals surface area contributed by atoms with Crippen LogP contribution in [-0.2, 0) is 17.6 Å². The Kier molecular flexibility index (Phi) is 4.73. The molecule has 5 heteroatoms. The molecule has 1 aliphatic rings. The van der Waals surface area contributed by atoms with Crippen molar-refractivity contribution >= 4 is 17.2 Å². The summed E-state index contributed by atoms with van der Waals surface area (Å²) in [6.45, 7) is 3.33. The van der Waals surface area contributed by atoms with Crippen molar-refractivity contribution in [1.29, 1.82) is 0 Å². The summed E-state index contributed by atoms with van der Waals surface area (Å²) in [5.74, 6) is 1.43. The van der Waals surface area contributed by atoms with Crippen molar-refractivity contribution in [2.75, 3.05) is 13.2 Å². The number of amides is 1. The monoisotopic (exact) mass is 316 g/mol. The van der Waals surface area contributed by atoms with Crippen LogP contribution in [0.4, 0.5) is 0 Å². The third kappa shape index (κ3) is 3.65. The number of para-hydroxylation sites is 1. The summed E-state index contributed by atoms with van der Waals surface area (Å²) in [7, 11) is 0. The largest absolute Gasteiger partial charge is 0.493 e. The number of rotatable bonds is 5. The number of benzene rings is 1. The lowest BCUT2D eigenvalue weighted by atomic mass is 9.97. The van der Waals surface area contributed by atoms with Gasteiger partial charge in [-0.15, -0.1) is 11.3 Å². The summed E-state index contributed by atoms with van der Waals surface area (Å²) in [5.41, 5.74) is 4.10. The highest BCUT2D eigenvalue weighted by atomic mass is 32.1. The van der Waals surface area contributed by atoms with Crippen molar-refractivity contribution < 1.29 is 9.53 Å². The predicted octanol–water partition coefficient (Wildman–Crippen LogP) is 2.75. The molecule has 3 rings (SSSR count). The van der Waals surface area contributed by atoms with Crippen molar-refractivity contribution in [2.24, 2.45) is 5.92 Å². The molecule has 22 heavy (non-hydrogen) atoms. The third-order valence-electron chi connectivity index (χ3n) is 3.97. The molecule has 0 saturated carbocycles. The molecule has 0 aliphatic carbocycles. The fourth-order valence-electron chi connectivity index (χ4n) is 2.66. The van der Waals surface area contributed by atoms with Gasteiger partial charge < -0.3 is 10.1 Å². The summed E-state index contributed by atoms with van der Waals surface area (Å²) in [4.78, 5) is 17.4. The number of carbonyl (C=O) groups excluding carboxylic acids is 1. The first kappa shape index (κ1) is 15.0. The lowest BCUT2D eigenvalue weighted by molar-refractivity contribution is -0.121. The van der Waals surface area contributed by atoms with Crippen LogP contribution < -0.4 is 10.1 Å². The molecule has 0 saturated heterocycles. The van der Waals surface area contributed by atoms with Gasteiger partial charge in [-0.1, -0.05) is 18.2 Å². The molecule has 2 heterocycles. The van der Waals surface area contributed by atoms with Crippen molar-refractivity contribution in [3.05, 3.63) is 45.9 Å². The quantitative estimate of drug-likeness (QED) is 0.923. The second kappa shape index (κ2) is 6.92. The molecule has 1 N–H and O–H groups in total. The Bertz CT molecular complexity index is 654. The van der Waals surface area contributed by atoms with Crippen LogP contribution in [0.5, 0.6) is 5.75 Å². The Hall–Kier alpha value is -1.88. The van der Waals surface area contributed by atoms with Gasteiger partial charge in [-0.3, -0.25) is 4.79 Å². The van der Waals surface area contributed by atoms with E-state index in [1.165, 1.54) is 10.4 Å². The number of carbonyl (C=O) groups is 1. The van der Waals surface area contributed by atoms with E-state index in [0.717, 1.165) is 24.3 Å². The summed E-state index contributed by atoms with van der Waals surface area (Å²) >= 11 is 1.62. The van der Waals surface area contributed by atoms with Crippen LogP contribution in [0.15, 0.2) is 29.8 Å². The van der Waals surface area contributed by atoms with E-state index in [1.807, 2.05) is 30.6 Å². The second-order valence-corrected chi connectivity index (χ2v) is 6.59. The van der Waals surface area contributed by atoms with E-state index in [2.05, 4.69) is 16.4 Å². The van der Waals surface area contributed by atoms with Crippen LogP contribution in [0.1, 0.15) is 22.6 Å². The number of nitrogens with zero attached hydrogens (tertiary/aromatic N) is 1. The lowest BCUT2D eigenvalue weighted by Gasteiger charge is -2.25. The van der Waals surface area contributed by atoms with Crippen molar-refractivity contribution in [3.8, 4) is 5.75 Å².